The van der Waals surface area contributed by atoms with Gasteiger partial charge in [0.25, 0.3) is 5.56 Å². The number of H-pyrrole nitrogens is 1. The Morgan fingerprint density at radius 3 is 3.04 bits per heavy atom. The first-order valence-electron chi connectivity index (χ1n) is 8.06. The molecule has 1 amide bonds. The molecule has 1 saturated heterocycles. The fourth-order valence-electron chi connectivity index (χ4n) is 3.50. The van der Waals surface area contributed by atoms with E-state index in [1.807, 2.05) is 12.1 Å². The molecule has 0 spiro atoms. The number of amides is 1. The maximum Gasteiger partial charge on any atom is 0.294 e. The van der Waals surface area contributed by atoms with Crippen LogP contribution in [0.15, 0.2) is 31.9 Å². The summed E-state index contributed by atoms with van der Waals surface area (Å²) in [6, 6.07) is 5.55. The highest BCUT2D eigenvalue weighted by Gasteiger charge is 2.35. The summed E-state index contributed by atoms with van der Waals surface area (Å²) in [6.45, 7) is 2.96. The van der Waals surface area contributed by atoms with E-state index in [0.29, 0.717) is 29.9 Å². The van der Waals surface area contributed by atoms with E-state index in [2.05, 4.69) is 36.5 Å². The Labute approximate surface area is 151 Å². The minimum atomic E-state index is -0.435. The summed E-state index contributed by atoms with van der Waals surface area (Å²) in [4.78, 5) is 31.5. The molecule has 0 unspecified atom stereocenters. The standard InChI is InChI=1S/C17H17BrN4O3/c1-9(23)22-17(4-5-19-8-17)7-13-20-14-11-6-10(18)2-3-12(11)25-15(14)16(24)21-13/h2-3,6,19H,4-5,7-8H2,1H3,(H,22,23)(H,20,21,24)/t17-/m1/s1. The van der Waals surface area contributed by atoms with E-state index in [-0.39, 0.29) is 17.0 Å². The molecule has 3 heterocycles. The van der Waals surface area contributed by atoms with Gasteiger partial charge < -0.3 is 20.0 Å². The molecule has 1 atom stereocenters. The molecular formula is C17H17BrN4O3. The summed E-state index contributed by atoms with van der Waals surface area (Å²) in [5, 5.41) is 7.07. The van der Waals surface area contributed by atoms with Gasteiger partial charge in [-0.2, -0.15) is 0 Å². The lowest BCUT2D eigenvalue weighted by Gasteiger charge is -2.28. The molecule has 0 radical (unpaired) electrons. The van der Waals surface area contributed by atoms with Crippen molar-refractivity contribution in [2.75, 3.05) is 13.1 Å². The van der Waals surface area contributed by atoms with Crippen LogP contribution in [-0.2, 0) is 11.2 Å². The molecule has 3 N–H and O–H groups in total. The molecular weight excluding hydrogens is 388 g/mol. The molecule has 0 bridgehead atoms. The van der Waals surface area contributed by atoms with Crippen molar-refractivity contribution in [1.29, 1.82) is 0 Å². The van der Waals surface area contributed by atoms with Crippen LogP contribution in [0, 0.1) is 0 Å². The molecule has 25 heavy (non-hydrogen) atoms. The number of hydrogen-bond donors (Lipinski definition) is 3. The van der Waals surface area contributed by atoms with Gasteiger partial charge in [0.1, 0.15) is 16.9 Å². The Morgan fingerprint density at radius 1 is 1.48 bits per heavy atom. The Balaban J connectivity index is 1.82. The number of aromatic nitrogens is 2. The van der Waals surface area contributed by atoms with Crippen molar-refractivity contribution < 1.29 is 9.21 Å². The van der Waals surface area contributed by atoms with Crippen molar-refractivity contribution in [2.45, 2.75) is 25.3 Å². The van der Waals surface area contributed by atoms with E-state index in [1.54, 1.807) is 6.07 Å². The highest BCUT2D eigenvalue weighted by Crippen LogP contribution is 2.28. The van der Waals surface area contributed by atoms with Gasteiger partial charge in [0.15, 0.2) is 0 Å². The minimum absolute atomic E-state index is 0.0928. The van der Waals surface area contributed by atoms with E-state index in [4.69, 9.17) is 4.42 Å². The van der Waals surface area contributed by atoms with Crippen LogP contribution in [0.2, 0.25) is 0 Å². The van der Waals surface area contributed by atoms with Crippen molar-refractivity contribution in [3.63, 3.8) is 0 Å². The number of benzene rings is 1. The summed E-state index contributed by atoms with van der Waals surface area (Å²) in [6.07, 6.45) is 1.23. The van der Waals surface area contributed by atoms with Crippen molar-refractivity contribution in [1.82, 2.24) is 20.6 Å². The smallest absolute Gasteiger partial charge is 0.294 e. The van der Waals surface area contributed by atoms with Gasteiger partial charge in [-0.3, -0.25) is 9.59 Å². The third kappa shape index (κ3) is 2.96. The zero-order valence-corrected chi connectivity index (χ0v) is 15.2. The molecule has 2 aromatic heterocycles. The van der Waals surface area contributed by atoms with E-state index in [9.17, 15) is 9.59 Å². The minimum Gasteiger partial charge on any atom is -0.449 e. The van der Waals surface area contributed by atoms with Crippen LogP contribution in [0.25, 0.3) is 22.1 Å². The van der Waals surface area contributed by atoms with Crippen LogP contribution in [0.4, 0.5) is 0 Å². The molecule has 8 heteroatoms. The number of carbonyl (C=O) groups excluding carboxylic acids is 1. The first-order chi connectivity index (χ1) is 12.0. The van der Waals surface area contributed by atoms with Gasteiger partial charge in [0.2, 0.25) is 11.5 Å². The number of nitrogens with zero attached hydrogens (tertiary/aromatic N) is 1. The van der Waals surface area contributed by atoms with E-state index in [0.717, 1.165) is 22.8 Å². The van der Waals surface area contributed by atoms with Crippen molar-refractivity contribution in [3.8, 4) is 0 Å². The predicted octanol–water partition coefficient (Wildman–Crippen LogP) is 1.84. The van der Waals surface area contributed by atoms with Crippen molar-refractivity contribution in [3.05, 3.63) is 38.9 Å². The Kier molecular flexibility index (Phi) is 3.88. The van der Waals surface area contributed by atoms with Crippen molar-refractivity contribution >= 4 is 43.9 Å². The lowest BCUT2D eigenvalue weighted by atomic mass is 9.93. The lowest BCUT2D eigenvalue weighted by molar-refractivity contribution is -0.120. The molecule has 4 rings (SSSR count). The topological polar surface area (TPSA) is 100 Å². The molecule has 7 nitrogen and oxygen atoms in total. The second-order valence-electron chi connectivity index (χ2n) is 6.50. The quantitative estimate of drug-likeness (QED) is 0.618. The summed E-state index contributed by atoms with van der Waals surface area (Å²) in [5.74, 6) is 0.447. The van der Waals surface area contributed by atoms with E-state index in [1.165, 1.54) is 6.92 Å². The van der Waals surface area contributed by atoms with Crippen LogP contribution < -0.4 is 16.2 Å². The first-order valence-corrected chi connectivity index (χ1v) is 8.86. The maximum absolute atomic E-state index is 12.5. The number of nitrogens with one attached hydrogen (secondary N) is 3. The molecule has 1 fully saturated rings. The van der Waals surface area contributed by atoms with Gasteiger partial charge >= 0.3 is 0 Å². The molecule has 0 aliphatic carbocycles. The molecule has 1 aliphatic heterocycles. The molecule has 1 aliphatic rings. The monoisotopic (exact) mass is 404 g/mol. The average molecular weight is 405 g/mol. The summed E-state index contributed by atoms with van der Waals surface area (Å²) >= 11 is 3.44. The van der Waals surface area contributed by atoms with Gasteiger partial charge in [-0.1, -0.05) is 15.9 Å². The molecule has 3 aromatic rings. The second kappa shape index (κ2) is 5.96. The number of halogens is 1. The average Bonchev–Trinajstić information content (AvgIpc) is 3.12. The van der Waals surface area contributed by atoms with Crippen LogP contribution in [0.3, 0.4) is 0 Å². The highest BCUT2D eigenvalue weighted by molar-refractivity contribution is 9.10. The van der Waals surface area contributed by atoms with Crippen LogP contribution in [0.1, 0.15) is 19.2 Å². The van der Waals surface area contributed by atoms with Crippen LogP contribution in [-0.4, -0.2) is 34.5 Å². The maximum atomic E-state index is 12.5. The lowest BCUT2D eigenvalue weighted by Crippen LogP contribution is -2.51. The van der Waals surface area contributed by atoms with Gasteiger partial charge in [0, 0.05) is 29.7 Å². The summed E-state index contributed by atoms with van der Waals surface area (Å²) < 4.78 is 6.53. The number of aromatic amines is 1. The number of rotatable bonds is 3. The van der Waals surface area contributed by atoms with Gasteiger partial charge in [0.05, 0.1) is 5.54 Å². The number of hydrogen-bond acceptors (Lipinski definition) is 5. The summed E-state index contributed by atoms with van der Waals surface area (Å²) in [7, 11) is 0. The van der Waals surface area contributed by atoms with Gasteiger partial charge in [-0.15, -0.1) is 0 Å². The Bertz CT molecular complexity index is 1030. The zero-order chi connectivity index (χ0) is 17.6. The molecule has 130 valence electrons. The summed E-state index contributed by atoms with van der Waals surface area (Å²) in [5.41, 5.74) is 0.632. The predicted molar refractivity (Wildman–Crippen MR) is 97.6 cm³/mol. The molecule has 0 saturated carbocycles. The van der Waals surface area contributed by atoms with Gasteiger partial charge in [-0.05, 0) is 31.2 Å². The fraction of sp³-hybridized carbons (Fsp3) is 0.353. The number of furan rings is 1. The Morgan fingerprint density at radius 2 is 2.32 bits per heavy atom. The largest absolute Gasteiger partial charge is 0.449 e. The van der Waals surface area contributed by atoms with Crippen molar-refractivity contribution in [2.24, 2.45) is 0 Å². The normalized spacial score (nSPS) is 20.4. The van der Waals surface area contributed by atoms with E-state index < -0.39 is 5.54 Å². The third-order valence-corrected chi connectivity index (χ3v) is 5.02. The number of fused-ring (bicyclic) bond motifs is 3. The SMILES string of the molecule is CC(=O)N[C@@]1(Cc2nc3c(oc4ccc(Br)cc43)c(=O)[nH]2)CCNC1. The number of carbonyl (C=O) groups is 1. The second-order valence-corrected chi connectivity index (χ2v) is 7.41. The fourth-order valence-corrected chi connectivity index (χ4v) is 3.86. The third-order valence-electron chi connectivity index (χ3n) is 4.53. The zero-order valence-electron chi connectivity index (χ0n) is 13.6. The highest BCUT2D eigenvalue weighted by atomic mass is 79.9. The van der Waals surface area contributed by atoms with Crippen LogP contribution in [0.5, 0.6) is 0 Å². The Hall–Kier alpha value is -2.19. The van der Waals surface area contributed by atoms with Gasteiger partial charge in [-0.25, -0.2) is 4.98 Å². The first kappa shape index (κ1) is 16.3. The van der Waals surface area contributed by atoms with Crippen LogP contribution >= 0.6 is 15.9 Å². The van der Waals surface area contributed by atoms with E-state index >= 15 is 0 Å². The molecule has 1 aromatic carbocycles.